The fourth-order valence-electron chi connectivity index (χ4n) is 7.01. The molecule has 2 saturated carbocycles. The molecule has 0 bridgehead atoms. The van der Waals surface area contributed by atoms with Crippen LogP contribution in [0, 0.1) is 28.6 Å². The zero-order valence-corrected chi connectivity index (χ0v) is 19.2. The van der Waals surface area contributed by atoms with Gasteiger partial charge in [0.25, 0.3) is 0 Å². The second kappa shape index (κ2) is 6.88. The quantitative estimate of drug-likeness (QED) is 0.608. The Kier molecular flexibility index (Phi) is 4.62. The van der Waals surface area contributed by atoms with E-state index in [1.165, 1.54) is 0 Å². The Labute approximate surface area is 186 Å². The molecular formula is C25H28BrNO3. The number of carbonyl (C=O) groups is 3. The molecule has 4 aliphatic rings. The Morgan fingerprint density at radius 2 is 1.80 bits per heavy atom. The maximum atomic E-state index is 13.5. The number of hydrogen-bond donors (Lipinski definition) is 0. The van der Waals surface area contributed by atoms with Crippen molar-refractivity contribution < 1.29 is 14.4 Å². The number of fused-ring (bicyclic) bond motifs is 5. The molecule has 4 nitrogen and oxygen atoms in total. The fraction of sp³-hybridized carbons (Fsp3) is 0.560. The predicted molar refractivity (Wildman–Crippen MR) is 117 cm³/mol. The number of allylic oxidation sites excluding steroid dienone is 2. The lowest BCUT2D eigenvalue weighted by Crippen LogP contribution is -2.57. The lowest BCUT2D eigenvalue weighted by Gasteiger charge is -2.56. The highest BCUT2D eigenvalue weighted by molar-refractivity contribution is 9.10. The first-order valence-electron chi connectivity index (χ1n) is 11.1. The lowest BCUT2D eigenvalue weighted by molar-refractivity contribution is -0.152. The van der Waals surface area contributed by atoms with E-state index in [-0.39, 0.29) is 34.7 Å². The molecule has 1 aromatic carbocycles. The third-order valence-electron chi connectivity index (χ3n) is 8.53. The van der Waals surface area contributed by atoms with Crippen LogP contribution in [0.15, 0.2) is 40.5 Å². The van der Waals surface area contributed by atoms with Gasteiger partial charge < -0.3 is 4.90 Å². The number of hydrogen-bond acceptors (Lipinski definition) is 3. The molecule has 0 spiro atoms. The minimum absolute atomic E-state index is 0.0815. The number of rotatable bonds is 2. The third-order valence-corrected chi connectivity index (χ3v) is 9.06. The molecule has 3 aliphatic carbocycles. The number of ketones is 2. The van der Waals surface area contributed by atoms with Crippen LogP contribution in [0.4, 0.5) is 0 Å². The summed E-state index contributed by atoms with van der Waals surface area (Å²) in [5.74, 6) is 1.08. The molecule has 5 rings (SSSR count). The number of nitrogens with zero attached hydrogens (tertiary/aromatic N) is 1. The number of amides is 1. The first-order chi connectivity index (χ1) is 14.2. The Morgan fingerprint density at radius 3 is 2.53 bits per heavy atom. The van der Waals surface area contributed by atoms with Gasteiger partial charge in [-0.25, -0.2) is 0 Å². The first-order valence-corrected chi connectivity index (χ1v) is 11.8. The van der Waals surface area contributed by atoms with Gasteiger partial charge in [-0.15, -0.1) is 0 Å². The van der Waals surface area contributed by atoms with Gasteiger partial charge in [-0.3, -0.25) is 14.4 Å². The van der Waals surface area contributed by atoms with Gasteiger partial charge in [0.1, 0.15) is 11.6 Å². The van der Waals surface area contributed by atoms with Crippen LogP contribution in [-0.4, -0.2) is 22.4 Å². The summed E-state index contributed by atoms with van der Waals surface area (Å²) in [6.45, 7) is 4.75. The molecule has 158 valence electrons. The fourth-order valence-corrected chi connectivity index (χ4v) is 7.27. The van der Waals surface area contributed by atoms with Crippen molar-refractivity contribution in [2.45, 2.75) is 58.9 Å². The van der Waals surface area contributed by atoms with Gasteiger partial charge in [0.2, 0.25) is 5.91 Å². The van der Waals surface area contributed by atoms with E-state index in [1.54, 1.807) is 0 Å². The zero-order chi connectivity index (χ0) is 21.3. The number of carbonyl (C=O) groups excluding carboxylic acids is 3. The highest BCUT2D eigenvalue weighted by atomic mass is 79.9. The van der Waals surface area contributed by atoms with Crippen LogP contribution >= 0.6 is 15.9 Å². The largest absolute Gasteiger partial charge is 0.312 e. The molecule has 3 fully saturated rings. The van der Waals surface area contributed by atoms with E-state index in [4.69, 9.17) is 0 Å². The van der Waals surface area contributed by atoms with Crippen molar-refractivity contribution >= 4 is 33.4 Å². The molecule has 0 N–H and O–H groups in total. The van der Waals surface area contributed by atoms with Crippen molar-refractivity contribution in [2.24, 2.45) is 28.6 Å². The second-order valence-electron chi connectivity index (χ2n) is 10.1. The Hall–Kier alpha value is -1.75. The molecule has 1 unspecified atom stereocenters. The number of benzene rings is 1. The van der Waals surface area contributed by atoms with Gasteiger partial charge in [0.05, 0.1) is 6.54 Å². The molecule has 0 radical (unpaired) electrons. The topological polar surface area (TPSA) is 54.5 Å². The maximum absolute atomic E-state index is 13.5. The molecule has 0 aromatic heterocycles. The summed E-state index contributed by atoms with van der Waals surface area (Å²) in [5, 5.41) is 0. The Morgan fingerprint density at radius 1 is 1.07 bits per heavy atom. The standard InChI is InChI=1S/C25H28BrNO3/c1-24-12-11-22(30)27(14-15-3-5-16(26)6-4-15)20(24)9-7-17-18-8-10-21(29)25(18,2)13-19(28)23(17)24/h3-6,9,17-18,23H,7-8,10-14H2,1-2H3/t17-,18-,23+,24?,25-/m0/s1. The third kappa shape index (κ3) is 2.80. The summed E-state index contributed by atoms with van der Waals surface area (Å²) in [7, 11) is 0. The van der Waals surface area contributed by atoms with Gasteiger partial charge in [-0.1, -0.05) is 48.0 Å². The molecule has 5 heteroatoms. The minimum Gasteiger partial charge on any atom is -0.312 e. The monoisotopic (exact) mass is 469 g/mol. The average Bonchev–Trinajstić information content (AvgIpc) is 3.00. The summed E-state index contributed by atoms with van der Waals surface area (Å²) in [4.78, 5) is 40.9. The molecule has 30 heavy (non-hydrogen) atoms. The molecular weight excluding hydrogens is 442 g/mol. The van der Waals surface area contributed by atoms with E-state index in [9.17, 15) is 14.4 Å². The molecule has 1 aliphatic heterocycles. The number of halogens is 1. The average molecular weight is 470 g/mol. The van der Waals surface area contributed by atoms with Crippen LogP contribution in [0.1, 0.15) is 57.9 Å². The summed E-state index contributed by atoms with van der Waals surface area (Å²) in [6, 6.07) is 8.07. The molecule has 1 heterocycles. The summed E-state index contributed by atoms with van der Waals surface area (Å²) < 4.78 is 1.02. The summed E-state index contributed by atoms with van der Waals surface area (Å²) >= 11 is 3.47. The van der Waals surface area contributed by atoms with Crippen molar-refractivity contribution in [2.75, 3.05) is 0 Å². The molecule has 1 aromatic rings. The normalized spacial score (nSPS) is 38.1. The van der Waals surface area contributed by atoms with Crippen molar-refractivity contribution in [1.82, 2.24) is 4.90 Å². The number of piperidine rings is 1. The SMILES string of the molecule is CC12CCC(=O)N(Cc3ccc(Br)cc3)C1=CC[C@@H]1[C@@H]2C(=O)C[C@]2(C)C(=O)CC[C@@H]12. The van der Waals surface area contributed by atoms with Gasteiger partial charge in [-0.05, 0) is 48.8 Å². The summed E-state index contributed by atoms with van der Waals surface area (Å²) in [6.07, 6.45) is 6.10. The van der Waals surface area contributed by atoms with Crippen LogP contribution in [0.2, 0.25) is 0 Å². The molecule has 1 amide bonds. The zero-order valence-electron chi connectivity index (χ0n) is 17.6. The van der Waals surface area contributed by atoms with Crippen molar-refractivity contribution in [3.05, 3.63) is 46.1 Å². The van der Waals surface area contributed by atoms with Gasteiger partial charge >= 0.3 is 0 Å². The molecule has 1 saturated heterocycles. The van der Waals surface area contributed by atoms with Crippen molar-refractivity contribution in [3.8, 4) is 0 Å². The van der Waals surface area contributed by atoms with Crippen molar-refractivity contribution in [1.29, 1.82) is 0 Å². The number of Topliss-reactive ketones (excluding diaryl/α,β-unsaturated/α-hetero) is 2. The van der Waals surface area contributed by atoms with Crippen LogP contribution in [-0.2, 0) is 20.9 Å². The minimum atomic E-state index is -0.471. The highest BCUT2D eigenvalue weighted by Gasteiger charge is 2.62. The summed E-state index contributed by atoms with van der Waals surface area (Å²) in [5.41, 5.74) is 1.32. The predicted octanol–water partition coefficient (Wildman–Crippen LogP) is 5.06. The smallest absolute Gasteiger partial charge is 0.227 e. The van der Waals surface area contributed by atoms with Crippen LogP contribution in [0.5, 0.6) is 0 Å². The van der Waals surface area contributed by atoms with E-state index in [2.05, 4.69) is 28.9 Å². The van der Waals surface area contributed by atoms with Crippen LogP contribution in [0.3, 0.4) is 0 Å². The molecule has 5 atom stereocenters. The van der Waals surface area contributed by atoms with E-state index in [1.807, 2.05) is 36.1 Å². The lowest BCUT2D eigenvalue weighted by atomic mass is 9.49. The van der Waals surface area contributed by atoms with E-state index in [0.717, 1.165) is 35.0 Å². The first kappa shape index (κ1) is 20.2. The Bertz CT molecular complexity index is 967. The van der Waals surface area contributed by atoms with E-state index in [0.29, 0.717) is 31.7 Å². The number of likely N-dealkylation sites (tertiary alicyclic amines) is 1. The van der Waals surface area contributed by atoms with Crippen LogP contribution < -0.4 is 0 Å². The van der Waals surface area contributed by atoms with E-state index >= 15 is 0 Å². The van der Waals surface area contributed by atoms with Gasteiger partial charge in [0, 0.05) is 46.2 Å². The maximum Gasteiger partial charge on any atom is 0.227 e. The van der Waals surface area contributed by atoms with Crippen LogP contribution in [0.25, 0.3) is 0 Å². The highest BCUT2D eigenvalue weighted by Crippen LogP contribution is 2.62. The van der Waals surface area contributed by atoms with Gasteiger partial charge in [0.15, 0.2) is 0 Å². The van der Waals surface area contributed by atoms with Gasteiger partial charge in [-0.2, -0.15) is 0 Å². The Balaban J connectivity index is 1.52. The van der Waals surface area contributed by atoms with Crippen molar-refractivity contribution in [3.63, 3.8) is 0 Å². The second-order valence-corrected chi connectivity index (χ2v) is 11.0. The van der Waals surface area contributed by atoms with E-state index < -0.39 is 5.41 Å².